The number of aromatic nitrogens is 1. The molecule has 10 nitrogen and oxygen atoms in total. The number of amides is 4. The van der Waals surface area contributed by atoms with Crippen LogP contribution in [-0.4, -0.2) is 43.6 Å². The molecule has 2 aliphatic carbocycles. The van der Waals surface area contributed by atoms with Crippen molar-refractivity contribution in [1.82, 2.24) is 14.9 Å². The highest BCUT2D eigenvalue weighted by Gasteiger charge is 2.71. The molecule has 8 rings (SSSR count). The smallest absolute Gasteiger partial charge is 0.417 e. The summed E-state index contributed by atoms with van der Waals surface area (Å²) in [5.41, 5.74) is 0.738. The van der Waals surface area contributed by atoms with Crippen LogP contribution in [0.2, 0.25) is 10.0 Å². The number of allylic oxidation sites excluding steroid dienone is 2. The van der Waals surface area contributed by atoms with Gasteiger partial charge in [-0.05, 0) is 66.1 Å². The molecule has 2 aliphatic heterocycles. The molecule has 1 saturated carbocycles. The van der Waals surface area contributed by atoms with Crippen LogP contribution in [0.15, 0.2) is 82.2 Å². The zero-order valence-electron chi connectivity index (χ0n) is 26.8. The molecule has 0 bridgehead atoms. The van der Waals surface area contributed by atoms with Crippen LogP contribution in [0.4, 0.5) is 19.0 Å². The Kier molecular flexibility index (Phi) is 8.36. The number of alkyl halides is 3. The van der Waals surface area contributed by atoms with E-state index in [2.05, 4.69) is 10.4 Å². The zero-order valence-corrected chi connectivity index (χ0v) is 29.1. The largest absolute Gasteiger partial charge is 0.463 e. The Morgan fingerprint density at radius 1 is 1.02 bits per heavy atom. The molecule has 4 aromatic rings. The SMILES string of the molecule is O=C1[C@H]2[C@H](CC=C3[C@H]2C[C@H]2C(=O)N(Nc4ncc(C(F)(F)F)cc4Cl)C(=O)[C@@]2(c2ccc(Cl)cc2)[C@H]3c2ccc(CO)o2)C(=O)N1Cc1cccs1. The minimum atomic E-state index is -4.74. The number of aliphatic hydroxyl groups excluding tert-OH is 1. The number of benzene rings is 1. The first kappa shape index (κ1) is 34.6. The number of hydrazine groups is 1. The highest BCUT2D eigenvalue weighted by molar-refractivity contribution is 7.09. The van der Waals surface area contributed by atoms with Gasteiger partial charge < -0.3 is 9.52 Å². The van der Waals surface area contributed by atoms with E-state index in [1.54, 1.807) is 36.4 Å². The summed E-state index contributed by atoms with van der Waals surface area (Å²) >= 11 is 13.9. The summed E-state index contributed by atoms with van der Waals surface area (Å²) < 4.78 is 46.4. The number of aliphatic hydroxyl groups is 1. The van der Waals surface area contributed by atoms with Crippen LogP contribution in [0.1, 0.15) is 46.3 Å². The van der Waals surface area contributed by atoms with Gasteiger partial charge in [-0.3, -0.25) is 29.5 Å². The van der Waals surface area contributed by atoms with E-state index in [9.17, 15) is 32.7 Å². The van der Waals surface area contributed by atoms with E-state index in [1.807, 2.05) is 23.6 Å². The van der Waals surface area contributed by atoms with Gasteiger partial charge in [-0.15, -0.1) is 11.3 Å². The Morgan fingerprint density at radius 3 is 2.44 bits per heavy atom. The third kappa shape index (κ3) is 5.21. The first-order valence-electron chi connectivity index (χ1n) is 16.3. The van der Waals surface area contributed by atoms with E-state index >= 15 is 4.79 Å². The van der Waals surface area contributed by atoms with Gasteiger partial charge in [-0.25, -0.2) is 4.98 Å². The third-order valence-corrected chi connectivity index (χ3v) is 12.1. The van der Waals surface area contributed by atoms with E-state index in [-0.39, 0.29) is 48.5 Å². The van der Waals surface area contributed by atoms with E-state index in [0.29, 0.717) is 33.4 Å². The fourth-order valence-electron chi connectivity index (χ4n) is 8.51. The van der Waals surface area contributed by atoms with Gasteiger partial charge in [0.15, 0.2) is 5.82 Å². The van der Waals surface area contributed by atoms with Crippen molar-refractivity contribution in [3.05, 3.63) is 115 Å². The number of thiophene rings is 1. The molecular formula is C36H27Cl2F3N4O6S. The number of furan rings is 1. The highest BCUT2D eigenvalue weighted by atomic mass is 35.5. The van der Waals surface area contributed by atoms with Crippen molar-refractivity contribution >= 4 is 64.0 Å². The Hall–Kier alpha value is -4.50. The van der Waals surface area contributed by atoms with Crippen LogP contribution in [0.3, 0.4) is 0 Å². The number of hydrogen-bond donors (Lipinski definition) is 2. The van der Waals surface area contributed by atoms with Crippen LogP contribution < -0.4 is 5.43 Å². The topological polar surface area (TPSA) is 133 Å². The van der Waals surface area contributed by atoms with Gasteiger partial charge in [0.25, 0.3) is 11.8 Å². The number of halogens is 5. The van der Waals surface area contributed by atoms with Crippen molar-refractivity contribution < 1.29 is 41.9 Å². The van der Waals surface area contributed by atoms with Crippen LogP contribution in [0, 0.1) is 23.7 Å². The lowest BCUT2D eigenvalue weighted by Gasteiger charge is -2.49. The van der Waals surface area contributed by atoms with E-state index < -0.39 is 70.2 Å². The van der Waals surface area contributed by atoms with Crippen molar-refractivity contribution in [2.75, 3.05) is 5.43 Å². The molecule has 5 heterocycles. The number of nitrogens with zero attached hydrogens (tertiary/aromatic N) is 3. The summed E-state index contributed by atoms with van der Waals surface area (Å²) in [5.74, 6) is -6.54. The van der Waals surface area contributed by atoms with Gasteiger partial charge in [0.05, 0.1) is 40.8 Å². The van der Waals surface area contributed by atoms with E-state index in [4.69, 9.17) is 27.6 Å². The van der Waals surface area contributed by atoms with Gasteiger partial charge >= 0.3 is 6.18 Å². The average molecular weight is 772 g/mol. The maximum absolute atomic E-state index is 15.1. The number of fused-ring (bicyclic) bond motifs is 4. The van der Waals surface area contributed by atoms with Crippen molar-refractivity contribution in [1.29, 1.82) is 0 Å². The normalized spacial score (nSPS) is 27.1. The first-order valence-corrected chi connectivity index (χ1v) is 17.9. The van der Waals surface area contributed by atoms with Crippen molar-refractivity contribution in [2.24, 2.45) is 23.7 Å². The summed E-state index contributed by atoms with van der Waals surface area (Å²) in [4.78, 5) is 63.7. The molecule has 16 heteroatoms. The molecule has 1 aromatic carbocycles. The number of likely N-dealkylation sites (tertiary alicyclic amines) is 1. The molecule has 2 saturated heterocycles. The Morgan fingerprint density at radius 2 is 1.79 bits per heavy atom. The number of anilines is 1. The summed E-state index contributed by atoms with van der Waals surface area (Å²) in [6, 6.07) is 13.8. The van der Waals surface area contributed by atoms with Crippen LogP contribution >= 0.6 is 34.5 Å². The van der Waals surface area contributed by atoms with Crippen molar-refractivity contribution in [3.63, 3.8) is 0 Å². The van der Waals surface area contributed by atoms with Crippen LogP contribution in [0.5, 0.6) is 0 Å². The fourth-order valence-corrected chi connectivity index (χ4v) is 9.53. The lowest BCUT2D eigenvalue weighted by atomic mass is 9.50. The Labute approximate surface area is 307 Å². The maximum atomic E-state index is 15.1. The lowest BCUT2D eigenvalue weighted by molar-refractivity contribution is -0.142. The van der Waals surface area contributed by atoms with Crippen molar-refractivity contribution in [2.45, 2.75) is 43.5 Å². The first-order chi connectivity index (χ1) is 24.8. The van der Waals surface area contributed by atoms with Gasteiger partial charge in [0, 0.05) is 16.1 Å². The predicted molar refractivity (Wildman–Crippen MR) is 181 cm³/mol. The van der Waals surface area contributed by atoms with Gasteiger partial charge in [-0.2, -0.15) is 18.2 Å². The molecule has 52 heavy (non-hydrogen) atoms. The van der Waals surface area contributed by atoms with Crippen LogP contribution in [-0.2, 0) is 43.9 Å². The average Bonchev–Trinajstić information content (AvgIpc) is 3.90. The molecule has 3 aromatic heterocycles. The summed E-state index contributed by atoms with van der Waals surface area (Å²) in [7, 11) is 0. The van der Waals surface area contributed by atoms with Crippen LogP contribution in [0.25, 0.3) is 0 Å². The molecule has 4 aliphatic rings. The molecule has 2 N–H and O–H groups in total. The number of rotatable bonds is 7. The standard InChI is InChI=1S/C36H27Cl2F3N4O6S/c37-19-5-3-17(4-6-19)35-25(32(48)45(34(35)50)43-30-26(38)12-18(14-42-30)36(39,40)41)13-24-22(29(35)27-10-7-20(16-46)51-27)8-9-23-28(24)33(49)44(31(23)47)15-21-2-1-11-52-21/h1-8,10-12,14,23-25,28-29,46H,9,13,15-16H2,(H,42,43)/t23-,24+,25-,28-,29+,35+/m0/s1. The molecule has 0 radical (unpaired) electrons. The number of hydrogen-bond acceptors (Lipinski definition) is 9. The monoisotopic (exact) mass is 770 g/mol. The number of nitrogens with one attached hydrogen (secondary N) is 1. The molecule has 268 valence electrons. The van der Waals surface area contributed by atoms with Gasteiger partial charge in [0.1, 0.15) is 23.5 Å². The maximum Gasteiger partial charge on any atom is 0.417 e. The summed E-state index contributed by atoms with van der Waals surface area (Å²) in [6.07, 6.45) is -2.18. The third-order valence-electron chi connectivity index (χ3n) is 10.7. The van der Waals surface area contributed by atoms with E-state index in [0.717, 1.165) is 4.88 Å². The fraction of sp³-hybridized carbons (Fsp3) is 0.306. The van der Waals surface area contributed by atoms with Crippen molar-refractivity contribution in [3.8, 4) is 0 Å². The summed E-state index contributed by atoms with van der Waals surface area (Å²) in [6.45, 7) is -0.347. The zero-order chi connectivity index (χ0) is 36.7. The molecule has 0 unspecified atom stereocenters. The number of pyridine rings is 1. The molecular weight excluding hydrogens is 744 g/mol. The second-order valence-electron chi connectivity index (χ2n) is 13.2. The number of imide groups is 2. The molecule has 6 atom stereocenters. The van der Waals surface area contributed by atoms with E-state index in [1.165, 1.54) is 16.2 Å². The van der Waals surface area contributed by atoms with Gasteiger partial charge in [-0.1, -0.05) is 53.1 Å². The minimum Gasteiger partial charge on any atom is -0.463 e. The lowest BCUT2D eigenvalue weighted by Crippen LogP contribution is -2.53. The molecule has 0 spiro atoms. The quantitative estimate of drug-likeness (QED) is 0.156. The molecule has 4 amide bonds. The summed E-state index contributed by atoms with van der Waals surface area (Å²) in [5, 5.41) is 12.4. The second kappa shape index (κ2) is 12.6. The predicted octanol–water partition coefficient (Wildman–Crippen LogP) is 6.74. The number of carbonyl (C=O) groups is 4. The Balaban J connectivity index is 1.28. The van der Waals surface area contributed by atoms with Gasteiger partial charge in [0.2, 0.25) is 11.8 Å². The minimum absolute atomic E-state index is 0.0253. The number of carbonyl (C=O) groups excluding carboxylic acids is 4. The Bertz CT molecular complexity index is 2160. The highest BCUT2D eigenvalue weighted by Crippen LogP contribution is 2.64. The molecule has 3 fully saturated rings. The second-order valence-corrected chi connectivity index (χ2v) is 15.1.